The molecular formula is C14H18BrNO. The standard InChI is InChI=1S/C14H18BrNO/c15-11-13-9-5-2-6-10-16(13)14(17)12-7-3-1-4-8-12/h1,3-4,7-8,13H,2,5-6,9-11H2. The van der Waals surface area contributed by atoms with E-state index in [2.05, 4.69) is 15.9 Å². The van der Waals surface area contributed by atoms with Gasteiger partial charge in [0.05, 0.1) is 0 Å². The van der Waals surface area contributed by atoms with Crippen molar-refractivity contribution in [1.29, 1.82) is 0 Å². The molecule has 1 fully saturated rings. The molecule has 1 amide bonds. The van der Waals surface area contributed by atoms with Crippen molar-refractivity contribution in [3.05, 3.63) is 35.9 Å². The summed E-state index contributed by atoms with van der Waals surface area (Å²) in [6.45, 7) is 0.893. The van der Waals surface area contributed by atoms with Gasteiger partial charge in [0.1, 0.15) is 0 Å². The van der Waals surface area contributed by atoms with Gasteiger partial charge in [-0.15, -0.1) is 0 Å². The number of carbonyl (C=O) groups excluding carboxylic acids is 1. The summed E-state index contributed by atoms with van der Waals surface area (Å²) in [5.74, 6) is 0.178. The molecule has 0 N–H and O–H groups in total. The van der Waals surface area contributed by atoms with Crippen molar-refractivity contribution in [1.82, 2.24) is 4.90 Å². The van der Waals surface area contributed by atoms with Gasteiger partial charge in [0.25, 0.3) is 5.91 Å². The van der Waals surface area contributed by atoms with Gasteiger partial charge in [0.2, 0.25) is 0 Å². The zero-order chi connectivity index (χ0) is 12.1. The minimum Gasteiger partial charge on any atom is -0.335 e. The van der Waals surface area contributed by atoms with E-state index in [1.54, 1.807) is 0 Å². The van der Waals surface area contributed by atoms with Crippen LogP contribution < -0.4 is 0 Å². The molecule has 0 bridgehead atoms. The van der Waals surface area contributed by atoms with Gasteiger partial charge in [-0.1, -0.05) is 47.0 Å². The Morgan fingerprint density at radius 3 is 2.71 bits per heavy atom. The lowest BCUT2D eigenvalue weighted by atomic mass is 10.1. The monoisotopic (exact) mass is 295 g/mol. The fraction of sp³-hybridized carbons (Fsp3) is 0.500. The predicted molar refractivity (Wildman–Crippen MR) is 73.5 cm³/mol. The summed E-state index contributed by atoms with van der Waals surface area (Å²) in [7, 11) is 0. The second-order valence-electron chi connectivity index (χ2n) is 4.52. The van der Waals surface area contributed by atoms with Crippen molar-refractivity contribution < 1.29 is 4.79 Å². The maximum absolute atomic E-state index is 12.4. The molecule has 1 aliphatic heterocycles. The van der Waals surface area contributed by atoms with Crippen molar-refractivity contribution in [2.45, 2.75) is 31.7 Å². The molecule has 2 nitrogen and oxygen atoms in total. The van der Waals surface area contributed by atoms with E-state index in [4.69, 9.17) is 0 Å². The molecule has 1 unspecified atom stereocenters. The molecule has 1 aromatic carbocycles. The topological polar surface area (TPSA) is 20.3 Å². The fourth-order valence-corrected chi connectivity index (χ4v) is 3.02. The van der Waals surface area contributed by atoms with Crippen LogP contribution in [0.15, 0.2) is 30.3 Å². The van der Waals surface area contributed by atoms with Crippen molar-refractivity contribution in [2.24, 2.45) is 0 Å². The Morgan fingerprint density at radius 2 is 2.00 bits per heavy atom. The molecule has 1 aliphatic rings. The lowest BCUT2D eigenvalue weighted by Crippen LogP contribution is -2.41. The highest BCUT2D eigenvalue weighted by molar-refractivity contribution is 9.09. The first kappa shape index (κ1) is 12.6. The molecule has 1 heterocycles. The van der Waals surface area contributed by atoms with Crippen LogP contribution in [0.4, 0.5) is 0 Å². The van der Waals surface area contributed by atoms with E-state index in [1.165, 1.54) is 12.8 Å². The summed E-state index contributed by atoms with van der Waals surface area (Å²) in [5, 5.41) is 0.881. The second kappa shape index (κ2) is 6.20. The van der Waals surface area contributed by atoms with Crippen molar-refractivity contribution in [3.63, 3.8) is 0 Å². The number of rotatable bonds is 2. The molecule has 3 heteroatoms. The quantitative estimate of drug-likeness (QED) is 0.765. The second-order valence-corrected chi connectivity index (χ2v) is 5.17. The number of likely N-dealkylation sites (tertiary alicyclic amines) is 1. The molecule has 1 aromatic rings. The van der Waals surface area contributed by atoms with Gasteiger partial charge in [-0.3, -0.25) is 4.79 Å². The van der Waals surface area contributed by atoms with E-state index in [9.17, 15) is 4.79 Å². The minimum atomic E-state index is 0.178. The molecule has 1 atom stereocenters. The Morgan fingerprint density at radius 1 is 1.24 bits per heavy atom. The zero-order valence-electron chi connectivity index (χ0n) is 9.94. The molecule has 0 radical (unpaired) electrons. The van der Waals surface area contributed by atoms with Crippen molar-refractivity contribution in [2.75, 3.05) is 11.9 Å². The summed E-state index contributed by atoms with van der Waals surface area (Å²) in [4.78, 5) is 14.5. The van der Waals surface area contributed by atoms with Gasteiger partial charge in [-0.05, 0) is 25.0 Å². The first-order valence-electron chi connectivity index (χ1n) is 6.25. The number of hydrogen-bond acceptors (Lipinski definition) is 1. The third-order valence-corrected chi connectivity index (χ3v) is 4.08. The molecular weight excluding hydrogens is 278 g/mol. The highest BCUT2D eigenvalue weighted by atomic mass is 79.9. The van der Waals surface area contributed by atoms with Crippen molar-refractivity contribution in [3.8, 4) is 0 Å². The van der Waals surface area contributed by atoms with Crippen LogP contribution in [-0.2, 0) is 0 Å². The smallest absolute Gasteiger partial charge is 0.254 e. The summed E-state index contributed by atoms with van der Waals surface area (Å²) in [6.07, 6.45) is 4.71. The maximum atomic E-state index is 12.4. The first-order valence-corrected chi connectivity index (χ1v) is 7.37. The normalized spacial score (nSPS) is 21.0. The Kier molecular flexibility index (Phi) is 4.60. The van der Waals surface area contributed by atoms with Crippen LogP contribution in [0.2, 0.25) is 0 Å². The van der Waals surface area contributed by atoms with Crippen LogP contribution in [0.1, 0.15) is 36.0 Å². The Labute approximate surface area is 111 Å². The first-order chi connectivity index (χ1) is 8.33. The van der Waals surface area contributed by atoms with Crippen LogP contribution in [0, 0.1) is 0 Å². The van der Waals surface area contributed by atoms with Gasteiger partial charge in [0.15, 0.2) is 0 Å². The van der Waals surface area contributed by atoms with Gasteiger partial charge in [0, 0.05) is 23.5 Å². The highest BCUT2D eigenvalue weighted by Gasteiger charge is 2.25. The van der Waals surface area contributed by atoms with Gasteiger partial charge in [-0.2, -0.15) is 0 Å². The number of alkyl halides is 1. The third kappa shape index (κ3) is 3.09. The number of hydrogen-bond donors (Lipinski definition) is 0. The van der Waals surface area contributed by atoms with Crippen LogP contribution >= 0.6 is 15.9 Å². The maximum Gasteiger partial charge on any atom is 0.254 e. The minimum absolute atomic E-state index is 0.178. The van der Waals surface area contributed by atoms with E-state index in [0.717, 1.165) is 30.3 Å². The number of nitrogens with zero attached hydrogens (tertiary/aromatic N) is 1. The van der Waals surface area contributed by atoms with Gasteiger partial charge < -0.3 is 4.90 Å². The molecule has 0 saturated carbocycles. The van der Waals surface area contributed by atoms with E-state index in [0.29, 0.717) is 6.04 Å². The summed E-state index contributed by atoms with van der Waals surface area (Å²) in [5.41, 5.74) is 0.806. The summed E-state index contributed by atoms with van der Waals surface area (Å²) < 4.78 is 0. The SMILES string of the molecule is O=C(c1ccccc1)N1CCCCCC1CBr. The molecule has 0 spiro atoms. The number of benzene rings is 1. The van der Waals surface area contributed by atoms with E-state index in [1.807, 2.05) is 35.2 Å². The summed E-state index contributed by atoms with van der Waals surface area (Å²) in [6, 6.07) is 9.95. The molecule has 17 heavy (non-hydrogen) atoms. The number of amides is 1. The Hall–Kier alpha value is -0.830. The summed E-state index contributed by atoms with van der Waals surface area (Å²) >= 11 is 3.53. The highest BCUT2D eigenvalue weighted by Crippen LogP contribution is 2.20. The Balaban J connectivity index is 2.16. The number of halogens is 1. The van der Waals surface area contributed by atoms with Gasteiger partial charge in [-0.25, -0.2) is 0 Å². The van der Waals surface area contributed by atoms with Gasteiger partial charge >= 0.3 is 0 Å². The molecule has 0 aliphatic carbocycles. The lowest BCUT2D eigenvalue weighted by molar-refractivity contribution is 0.0702. The Bertz CT molecular complexity index is 366. The third-order valence-electron chi connectivity index (χ3n) is 3.34. The largest absolute Gasteiger partial charge is 0.335 e. The average Bonchev–Trinajstić information content (AvgIpc) is 2.64. The van der Waals surface area contributed by atoms with E-state index >= 15 is 0 Å². The van der Waals surface area contributed by atoms with Crippen molar-refractivity contribution >= 4 is 21.8 Å². The van der Waals surface area contributed by atoms with Crippen LogP contribution in [0.25, 0.3) is 0 Å². The van der Waals surface area contributed by atoms with Crippen LogP contribution in [-0.4, -0.2) is 28.7 Å². The molecule has 92 valence electrons. The number of carbonyl (C=O) groups is 1. The molecule has 1 saturated heterocycles. The van der Waals surface area contributed by atoms with Crippen LogP contribution in [0.5, 0.6) is 0 Å². The fourth-order valence-electron chi connectivity index (χ4n) is 2.35. The zero-order valence-corrected chi connectivity index (χ0v) is 11.5. The lowest BCUT2D eigenvalue weighted by Gasteiger charge is -2.28. The van der Waals surface area contributed by atoms with E-state index < -0.39 is 0 Å². The molecule has 2 rings (SSSR count). The van der Waals surface area contributed by atoms with Crippen LogP contribution in [0.3, 0.4) is 0 Å². The molecule has 0 aromatic heterocycles. The predicted octanol–water partition coefficient (Wildman–Crippen LogP) is 3.47. The van der Waals surface area contributed by atoms with E-state index in [-0.39, 0.29) is 5.91 Å². The average molecular weight is 296 g/mol.